The molecule has 0 bridgehead atoms. The number of aryl methyl sites for hydroxylation is 1. The quantitative estimate of drug-likeness (QED) is 0.560. The van der Waals surface area contributed by atoms with E-state index in [1.165, 1.54) is 11.8 Å². The van der Waals surface area contributed by atoms with Crippen molar-refractivity contribution in [1.82, 2.24) is 14.7 Å². The lowest BCUT2D eigenvalue weighted by atomic mass is 10.2. The Balaban J connectivity index is 1.70. The molecule has 9 heteroatoms. The SMILES string of the molecule is Cc1cc(NC(=O)CSc2nc(=O)n(CCCO)c3c2CCC3)no1. The molecule has 1 aliphatic carbocycles. The number of aliphatic hydroxyl groups excluding tert-OH is 1. The van der Waals surface area contributed by atoms with Gasteiger partial charge in [0.1, 0.15) is 10.8 Å². The maximum Gasteiger partial charge on any atom is 0.348 e. The molecule has 25 heavy (non-hydrogen) atoms. The largest absolute Gasteiger partial charge is 0.396 e. The summed E-state index contributed by atoms with van der Waals surface area (Å²) in [4.78, 5) is 28.5. The number of carbonyl (C=O) groups is 1. The van der Waals surface area contributed by atoms with Gasteiger partial charge in [-0.3, -0.25) is 9.36 Å². The molecule has 0 unspecified atom stereocenters. The van der Waals surface area contributed by atoms with E-state index in [9.17, 15) is 9.59 Å². The maximum absolute atomic E-state index is 12.3. The Morgan fingerprint density at radius 3 is 3.04 bits per heavy atom. The Labute approximate surface area is 148 Å². The van der Waals surface area contributed by atoms with Gasteiger partial charge in [-0.1, -0.05) is 16.9 Å². The predicted molar refractivity (Wildman–Crippen MR) is 92.8 cm³/mol. The molecular weight excluding hydrogens is 344 g/mol. The van der Waals surface area contributed by atoms with Crippen LogP contribution in [0.15, 0.2) is 20.4 Å². The maximum atomic E-state index is 12.3. The number of amides is 1. The molecule has 2 heterocycles. The fraction of sp³-hybridized carbons (Fsp3) is 0.500. The molecule has 2 aromatic heterocycles. The van der Waals surface area contributed by atoms with Crippen LogP contribution in [0.3, 0.4) is 0 Å². The highest BCUT2D eigenvalue weighted by Gasteiger charge is 2.22. The zero-order valence-electron chi connectivity index (χ0n) is 13.9. The minimum Gasteiger partial charge on any atom is -0.396 e. The highest BCUT2D eigenvalue weighted by Crippen LogP contribution is 2.29. The van der Waals surface area contributed by atoms with Crippen LogP contribution < -0.4 is 11.0 Å². The van der Waals surface area contributed by atoms with E-state index >= 15 is 0 Å². The van der Waals surface area contributed by atoms with Gasteiger partial charge >= 0.3 is 5.69 Å². The first kappa shape index (κ1) is 17.7. The third-order valence-electron chi connectivity index (χ3n) is 3.98. The molecule has 1 aliphatic rings. The molecule has 8 nitrogen and oxygen atoms in total. The van der Waals surface area contributed by atoms with Crippen LogP contribution in [-0.4, -0.2) is 38.1 Å². The van der Waals surface area contributed by atoms with Crippen molar-refractivity contribution in [2.24, 2.45) is 0 Å². The summed E-state index contributed by atoms with van der Waals surface area (Å²) >= 11 is 1.26. The number of hydrogen-bond acceptors (Lipinski definition) is 7. The number of nitrogens with zero attached hydrogens (tertiary/aromatic N) is 3. The summed E-state index contributed by atoms with van der Waals surface area (Å²) in [7, 11) is 0. The van der Waals surface area contributed by atoms with Crippen molar-refractivity contribution in [1.29, 1.82) is 0 Å². The van der Waals surface area contributed by atoms with Crippen molar-refractivity contribution in [3.63, 3.8) is 0 Å². The van der Waals surface area contributed by atoms with E-state index < -0.39 is 0 Å². The third-order valence-corrected chi connectivity index (χ3v) is 4.99. The number of nitrogens with one attached hydrogen (secondary N) is 1. The molecular formula is C16H20N4O4S. The van der Waals surface area contributed by atoms with Gasteiger partial charge in [0.25, 0.3) is 0 Å². The van der Waals surface area contributed by atoms with Gasteiger partial charge in [-0.2, -0.15) is 4.98 Å². The minimum atomic E-state index is -0.316. The summed E-state index contributed by atoms with van der Waals surface area (Å²) in [5.41, 5.74) is 1.72. The molecule has 0 saturated heterocycles. The molecule has 2 aromatic rings. The zero-order chi connectivity index (χ0) is 17.8. The molecule has 0 spiro atoms. The molecule has 0 aliphatic heterocycles. The van der Waals surface area contributed by atoms with Crippen LogP contribution >= 0.6 is 11.8 Å². The topological polar surface area (TPSA) is 110 Å². The van der Waals surface area contributed by atoms with Gasteiger partial charge in [0.2, 0.25) is 5.91 Å². The van der Waals surface area contributed by atoms with Crippen molar-refractivity contribution in [3.8, 4) is 0 Å². The standard InChI is InChI=1S/C16H20N4O4S/c1-10-8-13(19-24-10)17-14(22)9-25-15-11-4-2-5-12(11)20(6-3-7-21)16(23)18-15/h8,21H,2-7,9H2,1H3,(H,17,19,22). The normalized spacial score (nSPS) is 13.0. The second-order valence-corrected chi connectivity index (χ2v) is 6.83. The van der Waals surface area contributed by atoms with Gasteiger partial charge in [0, 0.05) is 30.5 Å². The average molecular weight is 364 g/mol. The van der Waals surface area contributed by atoms with Gasteiger partial charge in [-0.05, 0) is 32.6 Å². The Kier molecular flexibility index (Phi) is 5.54. The first-order valence-corrected chi connectivity index (χ1v) is 9.16. The van der Waals surface area contributed by atoms with Gasteiger partial charge in [0.05, 0.1) is 5.75 Å². The Hall–Kier alpha value is -2.13. The fourth-order valence-electron chi connectivity index (χ4n) is 2.90. The molecule has 3 rings (SSSR count). The number of carbonyl (C=O) groups excluding carboxylic acids is 1. The van der Waals surface area contributed by atoms with Crippen molar-refractivity contribution < 1.29 is 14.4 Å². The second kappa shape index (κ2) is 7.83. The average Bonchev–Trinajstić information content (AvgIpc) is 3.21. The smallest absolute Gasteiger partial charge is 0.348 e. The van der Waals surface area contributed by atoms with Crippen molar-refractivity contribution >= 4 is 23.5 Å². The van der Waals surface area contributed by atoms with Gasteiger partial charge < -0.3 is 14.9 Å². The number of aromatic nitrogens is 3. The molecule has 134 valence electrons. The van der Waals surface area contributed by atoms with Crippen molar-refractivity contribution in [2.45, 2.75) is 44.2 Å². The first-order chi connectivity index (χ1) is 12.1. The summed E-state index contributed by atoms with van der Waals surface area (Å²) < 4.78 is 6.56. The lowest BCUT2D eigenvalue weighted by Crippen LogP contribution is -2.28. The highest BCUT2D eigenvalue weighted by molar-refractivity contribution is 8.00. The summed E-state index contributed by atoms with van der Waals surface area (Å²) in [5, 5.41) is 16.0. The molecule has 0 aromatic carbocycles. The monoisotopic (exact) mass is 364 g/mol. The van der Waals surface area contributed by atoms with E-state index in [-0.39, 0.29) is 24.0 Å². The summed E-state index contributed by atoms with van der Waals surface area (Å²) in [6, 6.07) is 1.64. The minimum absolute atomic E-state index is 0.0411. The molecule has 0 fully saturated rings. The van der Waals surface area contributed by atoms with Gasteiger partial charge in [-0.15, -0.1) is 0 Å². The lowest BCUT2D eigenvalue weighted by molar-refractivity contribution is -0.113. The van der Waals surface area contributed by atoms with E-state index in [1.807, 2.05) is 0 Å². The molecule has 0 radical (unpaired) electrons. The summed E-state index contributed by atoms with van der Waals surface area (Å²) in [6.07, 6.45) is 3.18. The van der Waals surface area contributed by atoms with Crippen LogP contribution in [0, 0.1) is 6.92 Å². The van der Waals surface area contributed by atoms with E-state index in [2.05, 4.69) is 15.5 Å². The van der Waals surface area contributed by atoms with E-state index in [0.29, 0.717) is 29.6 Å². The van der Waals surface area contributed by atoms with Crippen LogP contribution in [0.5, 0.6) is 0 Å². The van der Waals surface area contributed by atoms with Crippen LogP contribution in [0.1, 0.15) is 29.9 Å². The molecule has 2 N–H and O–H groups in total. The Morgan fingerprint density at radius 2 is 2.32 bits per heavy atom. The summed E-state index contributed by atoms with van der Waals surface area (Å²) in [6.45, 7) is 2.26. The van der Waals surface area contributed by atoms with Crippen LogP contribution in [-0.2, 0) is 24.2 Å². The number of anilines is 1. The number of thioether (sulfide) groups is 1. The van der Waals surface area contributed by atoms with Crippen LogP contribution in [0.2, 0.25) is 0 Å². The number of fused-ring (bicyclic) bond motifs is 1. The molecule has 1 amide bonds. The zero-order valence-corrected chi connectivity index (χ0v) is 14.8. The summed E-state index contributed by atoms with van der Waals surface area (Å²) in [5.74, 6) is 0.914. The number of hydrogen-bond donors (Lipinski definition) is 2. The third kappa shape index (κ3) is 4.10. The van der Waals surface area contributed by atoms with Crippen LogP contribution in [0.4, 0.5) is 5.82 Å². The van der Waals surface area contributed by atoms with Gasteiger partial charge in [0.15, 0.2) is 5.82 Å². The highest BCUT2D eigenvalue weighted by atomic mass is 32.2. The lowest BCUT2D eigenvalue weighted by Gasteiger charge is -2.13. The fourth-order valence-corrected chi connectivity index (χ4v) is 3.78. The number of aliphatic hydroxyl groups is 1. The molecule has 0 saturated carbocycles. The molecule has 0 atom stereocenters. The predicted octanol–water partition coefficient (Wildman–Crippen LogP) is 1.14. The van der Waals surface area contributed by atoms with Gasteiger partial charge in [-0.25, -0.2) is 4.79 Å². The second-order valence-electron chi connectivity index (χ2n) is 5.87. The van der Waals surface area contributed by atoms with Crippen molar-refractivity contribution in [2.75, 3.05) is 17.7 Å². The Morgan fingerprint density at radius 1 is 1.48 bits per heavy atom. The van der Waals surface area contributed by atoms with Crippen LogP contribution in [0.25, 0.3) is 0 Å². The van der Waals surface area contributed by atoms with E-state index in [4.69, 9.17) is 9.63 Å². The number of rotatable bonds is 7. The van der Waals surface area contributed by atoms with E-state index in [0.717, 1.165) is 30.5 Å². The van der Waals surface area contributed by atoms with E-state index in [1.54, 1.807) is 17.6 Å². The first-order valence-electron chi connectivity index (χ1n) is 8.18. The van der Waals surface area contributed by atoms with Crippen molar-refractivity contribution in [3.05, 3.63) is 33.6 Å². The Bertz CT molecular complexity index is 830.